The number of aliphatic hydroxyl groups is 1. The summed E-state index contributed by atoms with van der Waals surface area (Å²) in [5.74, 6) is 0. The van der Waals surface area contributed by atoms with Gasteiger partial charge in [0.1, 0.15) is 0 Å². The highest BCUT2D eigenvalue weighted by molar-refractivity contribution is 5.29. The smallest absolute Gasteiger partial charge is 0.0790 e. The van der Waals surface area contributed by atoms with Crippen molar-refractivity contribution in [3.63, 3.8) is 0 Å². The molecule has 0 aliphatic heterocycles. The molecule has 0 amide bonds. The Hall–Kier alpha value is -1.08. The van der Waals surface area contributed by atoms with Gasteiger partial charge in [0.25, 0.3) is 0 Å². The first kappa shape index (κ1) is 12.0. The van der Waals surface area contributed by atoms with Crippen LogP contribution in [-0.2, 0) is 0 Å². The predicted octanol–water partition coefficient (Wildman–Crippen LogP) is 3.69. The zero-order valence-electron chi connectivity index (χ0n) is 9.66. The molecule has 0 bridgehead atoms. The fourth-order valence-electron chi connectivity index (χ4n) is 1.82. The Kier molecular flexibility index (Phi) is 4.57. The van der Waals surface area contributed by atoms with Gasteiger partial charge in [-0.3, -0.25) is 0 Å². The highest BCUT2D eigenvalue weighted by Crippen LogP contribution is 2.21. The summed E-state index contributed by atoms with van der Waals surface area (Å²) in [6.45, 7) is 7.80. The van der Waals surface area contributed by atoms with Crippen LogP contribution < -0.4 is 0 Å². The minimum atomic E-state index is -0.330. The third kappa shape index (κ3) is 3.88. The second-order valence-corrected chi connectivity index (χ2v) is 4.16. The van der Waals surface area contributed by atoms with Gasteiger partial charge in [0.05, 0.1) is 6.10 Å². The molecular formula is C14H20O. The molecule has 1 rings (SSSR count). The Morgan fingerprint density at radius 2 is 1.87 bits per heavy atom. The van der Waals surface area contributed by atoms with Crippen molar-refractivity contribution in [2.24, 2.45) is 0 Å². The maximum Gasteiger partial charge on any atom is 0.0790 e. The molecule has 0 spiro atoms. The summed E-state index contributed by atoms with van der Waals surface area (Å²) < 4.78 is 0. The molecule has 1 unspecified atom stereocenters. The Bertz CT molecular complexity index is 308. The van der Waals surface area contributed by atoms with E-state index in [0.717, 1.165) is 24.8 Å². The van der Waals surface area contributed by atoms with Gasteiger partial charge in [-0.2, -0.15) is 0 Å². The summed E-state index contributed by atoms with van der Waals surface area (Å²) in [5, 5.41) is 9.96. The minimum Gasteiger partial charge on any atom is -0.388 e. The molecule has 1 atom stereocenters. The molecule has 0 aliphatic carbocycles. The van der Waals surface area contributed by atoms with E-state index in [0.29, 0.717) is 0 Å². The average molecular weight is 204 g/mol. The van der Waals surface area contributed by atoms with Gasteiger partial charge >= 0.3 is 0 Å². The van der Waals surface area contributed by atoms with Crippen LogP contribution in [0, 0.1) is 13.8 Å². The lowest BCUT2D eigenvalue weighted by Gasteiger charge is -2.12. The minimum absolute atomic E-state index is 0.330. The first-order chi connectivity index (χ1) is 7.13. The van der Waals surface area contributed by atoms with Gasteiger partial charge in [-0.05, 0) is 38.7 Å². The molecule has 0 radical (unpaired) electrons. The molecule has 0 heterocycles. The lowest BCUT2D eigenvalue weighted by atomic mass is 10.00. The zero-order valence-corrected chi connectivity index (χ0v) is 9.66. The van der Waals surface area contributed by atoms with Crippen LogP contribution in [0.5, 0.6) is 0 Å². The maximum atomic E-state index is 9.96. The quantitative estimate of drug-likeness (QED) is 0.573. The zero-order chi connectivity index (χ0) is 11.3. The van der Waals surface area contributed by atoms with E-state index in [2.05, 4.69) is 38.6 Å². The Morgan fingerprint density at radius 1 is 1.27 bits per heavy atom. The van der Waals surface area contributed by atoms with E-state index >= 15 is 0 Å². The Balaban J connectivity index is 2.64. The number of rotatable bonds is 5. The second-order valence-electron chi connectivity index (χ2n) is 4.16. The molecule has 1 aromatic rings. The van der Waals surface area contributed by atoms with Crippen molar-refractivity contribution in [1.29, 1.82) is 0 Å². The van der Waals surface area contributed by atoms with Crippen molar-refractivity contribution in [3.05, 3.63) is 47.5 Å². The maximum absolute atomic E-state index is 9.96. The van der Waals surface area contributed by atoms with Crippen molar-refractivity contribution in [1.82, 2.24) is 0 Å². The fourth-order valence-corrected chi connectivity index (χ4v) is 1.82. The molecule has 0 fully saturated rings. The van der Waals surface area contributed by atoms with E-state index in [1.165, 1.54) is 11.1 Å². The number of hydrogen-bond acceptors (Lipinski definition) is 1. The molecule has 0 saturated carbocycles. The van der Waals surface area contributed by atoms with E-state index in [-0.39, 0.29) is 6.10 Å². The molecule has 1 aromatic carbocycles. The second kappa shape index (κ2) is 5.72. The van der Waals surface area contributed by atoms with E-state index < -0.39 is 0 Å². The van der Waals surface area contributed by atoms with Gasteiger partial charge in [0, 0.05) is 0 Å². The third-order valence-electron chi connectivity index (χ3n) is 2.51. The summed E-state index contributed by atoms with van der Waals surface area (Å²) in [5.41, 5.74) is 3.47. The molecule has 1 nitrogen and oxygen atoms in total. The number of aryl methyl sites for hydroxylation is 2. The van der Waals surface area contributed by atoms with E-state index in [1.54, 1.807) is 0 Å². The number of unbranched alkanes of at least 4 members (excludes halogenated alkanes) is 1. The van der Waals surface area contributed by atoms with Crippen LogP contribution in [0.15, 0.2) is 30.9 Å². The summed E-state index contributed by atoms with van der Waals surface area (Å²) in [6.07, 6.45) is 4.35. The fraction of sp³-hybridized carbons (Fsp3) is 0.429. The van der Waals surface area contributed by atoms with Crippen molar-refractivity contribution in [2.45, 2.75) is 39.2 Å². The number of hydrogen-bond donors (Lipinski definition) is 1. The predicted molar refractivity (Wildman–Crippen MR) is 64.9 cm³/mol. The first-order valence-electron chi connectivity index (χ1n) is 5.50. The molecule has 1 heteroatoms. The number of allylic oxidation sites excluding steroid dienone is 1. The van der Waals surface area contributed by atoms with E-state index in [1.807, 2.05) is 6.08 Å². The van der Waals surface area contributed by atoms with Crippen molar-refractivity contribution in [3.8, 4) is 0 Å². The van der Waals surface area contributed by atoms with Gasteiger partial charge in [-0.1, -0.05) is 35.4 Å². The molecule has 0 aliphatic rings. The van der Waals surface area contributed by atoms with Gasteiger partial charge in [0.15, 0.2) is 0 Å². The van der Waals surface area contributed by atoms with Crippen LogP contribution in [0.1, 0.15) is 42.1 Å². The Morgan fingerprint density at radius 3 is 2.40 bits per heavy atom. The molecule has 82 valence electrons. The lowest BCUT2D eigenvalue weighted by Crippen LogP contribution is -1.98. The molecule has 0 saturated heterocycles. The summed E-state index contributed by atoms with van der Waals surface area (Å²) in [6, 6.07) is 6.25. The third-order valence-corrected chi connectivity index (χ3v) is 2.51. The van der Waals surface area contributed by atoms with Gasteiger partial charge < -0.3 is 5.11 Å². The average Bonchev–Trinajstić information content (AvgIpc) is 2.16. The van der Waals surface area contributed by atoms with Crippen LogP contribution in [-0.4, -0.2) is 5.11 Å². The molecular weight excluding hydrogens is 184 g/mol. The normalized spacial score (nSPS) is 12.5. The van der Waals surface area contributed by atoms with Crippen LogP contribution >= 0.6 is 0 Å². The van der Waals surface area contributed by atoms with Crippen molar-refractivity contribution < 1.29 is 5.11 Å². The van der Waals surface area contributed by atoms with Crippen molar-refractivity contribution in [2.75, 3.05) is 0 Å². The van der Waals surface area contributed by atoms with Gasteiger partial charge in [-0.15, -0.1) is 6.58 Å². The largest absolute Gasteiger partial charge is 0.388 e. The molecule has 15 heavy (non-hydrogen) atoms. The number of aliphatic hydroxyl groups excluding tert-OH is 1. The highest BCUT2D eigenvalue weighted by atomic mass is 16.3. The van der Waals surface area contributed by atoms with Crippen LogP contribution in [0.25, 0.3) is 0 Å². The topological polar surface area (TPSA) is 20.2 Å². The summed E-state index contributed by atoms with van der Waals surface area (Å²) >= 11 is 0. The van der Waals surface area contributed by atoms with Gasteiger partial charge in [-0.25, -0.2) is 0 Å². The summed E-state index contributed by atoms with van der Waals surface area (Å²) in [4.78, 5) is 0. The SMILES string of the molecule is C=CCCCC(O)c1cc(C)cc(C)c1. The van der Waals surface area contributed by atoms with Crippen LogP contribution in [0.4, 0.5) is 0 Å². The van der Waals surface area contributed by atoms with E-state index in [9.17, 15) is 5.11 Å². The van der Waals surface area contributed by atoms with E-state index in [4.69, 9.17) is 0 Å². The van der Waals surface area contributed by atoms with Crippen molar-refractivity contribution >= 4 is 0 Å². The van der Waals surface area contributed by atoms with Gasteiger partial charge in [0.2, 0.25) is 0 Å². The number of benzene rings is 1. The monoisotopic (exact) mass is 204 g/mol. The highest BCUT2D eigenvalue weighted by Gasteiger charge is 2.07. The standard InChI is InChI=1S/C14H20O/c1-4-5-6-7-14(15)13-9-11(2)8-12(3)10-13/h4,8-10,14-15H,1,5-7H2,2-3H3. The van der Waals surface area contributed by atoms with Crippen LogP contribution in [0.2, 0.25) is 0 Å². The molecule has 0 aromatic heterocycles. The first-order valence-corrected chi connectivity index (χ1v) is 5.50. The Labute approximate surface area is 92.5 Å². The van der Waals surface area contributed by atoms with Crippen LogP contribution in [0.3, 0.4) is 0 Å². The lowest BCUT2D eigenvalue weighted by molar-refractivity contribution is 0.165. The molecule has 1 N–H and O–H groups in total. The summed E-state index contributed by atoms with van der Waals surface area (Å²) in [7, 11) is 0.